The monoisotopic (exact) mass is 444 g/mol. The molecule has 170 valence electrons. The number of nitrogens with one attached hydrogen (secondary N) is 1. The molecule has 3 aromatic rings. The van der Waals surface area contributed by atoms with Gasteiger partial charge in [-0.3, -0.25) is 9.59 Å². The van der Waals surface area contributed by atoms with E-state index in [-0.39, 0.29) is 18.2 Å². The van der Waals surface area contributed by atoms with Crippen LogP contribution in [0.1, 0.15) is 45.1 Å². The second-order valence-electron chi connectivity index (χ2n) is 8.19. The maximum atomic E-state index is 13.2. The summed E-state index contributed by atoms with van der Waals surface area (Å²) >= 11 is 0. The van der Waals surface area contributed by atoms with Gasteiger partial charge in [0.2, 0.25) is 5.91 Å². The Kier molecular flexibility index (Phi) is 6.63. The van der Waals surface area contributed by atoms with E-state index in [2.05, 4.69) is 5.32 Å². The van der Waals surface area contributed by atoms with Crippen molar-refractivity contribution in [3.05, 3.63) is 94.5 Å². The van der Waals surface area contributed by atoms with Crippen LogP contribution in [0.4, 0.5) is 0 Å². The molecule has 0 fully saturated rings. The molecule has 33 heavy (non-hydrogen) atoms. The molecule has 0 aliphatic carbocycles. The van der Waals surface area contributed by atoms with Crippen LogP contribution >= 0.6 is 0 Å². The summed E-state index contributed by atoms with van der Waals surface area (Å²) in [7, 11) is 3.15. The van der Waals surface area contributed by atoms with E-state index in [4.69, 9.17) is 9.47 Å². The number of amides is 2. The van der Waals surface area contributed by atoms with Gasteiger partial charge in [-0.2, -0.15) is 0 Å². The molecule has 1 atom stereocenters. The first kappa shape index (κ1) is 22.4. The highest BCUT2D eigenvalue weighted by Crippen LogP contribution is 2.37. The molecule has 1 aliphatic heterocycles. The molecule has 4 rings (SSSR count). The van der Waals surface area contributed by atoms with Crippen LogP contribution in [0.2, 0.25) is 0 Å². The van der Waals surface area contributed by atoms with Crippen LogP contribution < -0.4 is 14.8 Å². The number of aryl methyl sites for hydroxylation is 1. The van der Waals surface area contributed by atoms with Gasteiger partial charge in [-0.15, -0.1) is 0 Å². The second-order valence-corrected chi connectivity index (χ2v) is 8.19. The van der Waals surface area contributed by atoms with Crippen LogP contribution in [0, 0.1) is 6.92 Å². The zero-order valence-corrected chi connectivity index (χ0v) is 19.1. The number of benzene rings is 3. The highest BCUT2D eigenvalue weighted by atomic mass is 16.5. The van der Waals surface area contributed by atoms with Crippen molar-refractivity contribution < 1.29 is 19.1 Å². The number of ether oxygens (including phenoxy) is 2. The Morgan fingerprint density at radius 2 is 1.73 bits per heavy atom. The van der Waals surface area contributed by atoms with Gasteiger partial charge in [0.05, 0.1) is 26.7 Å². The van der Waals surface area contributed by atoms with Gasteiger partial charge in [-0.25, -0.2) is 0 Å². The topological polar surface area (TPSA) is 67.9 Å². The molecule has 0 aromatic heterocycles. The standard InChI is InChI=1S/C27H28N2O4/c1-18-8-10-19(11-9-18)16-28-26(30)15-23(20-12-13-24(32-2)25(14-20)33-3)29-17-21-6-4-5-7-22(21)27(29)31/h4-14,23H,15-17H2,1-3H3,(H,28,30)/t23-/m1/s1. The Balaban J connectivity index is 1.58. The van der Waals surface area contributed by atoms with Crippen molar-refractivity contribution in [1.82, 2.24) is 10.2 Å². The number of rotatable bonds is 8. The number of nitrogens with zero attached hydrogens (tertiary/aromatic N) is 1. The molecule has 1 aliphatic rings. The van der Waals surface area contributed by atoms with E-state index in [1.807, 2.05) is 67.6 Å². The molecule has 2 amide bonds. The highest BCUT2D eigenvalue weighted by Gasteiger charge is 2.34. The Hall–Kier alpha value is -3.80. The minimum atomic E-state index is -0.442. The van der Waals surface area contributed by atoms with E-state index in [1.165, 1.54) is 5.56 Å². The second kappa shape index (κ2) is 9.77. The summed E-state index contributed by atoms with van der Waals surface area (Å²) < 4.78 is 10.8. The first-order valence-corrected chi connectivity index (χ1v) is 10.9. The Morgan fingerprint density at radius 3 is 2.42 bits per heavy atom. The number of hydrogen-bond acceptors (Lipinski definition) is 4. The fourth-order valence-electron chi connectivity index (χ4n) is 4.15. The van der Waals surface area contributed by atoms with E-state index in [0.717, 1.165) is 16.7 Å². The Bertz CT molecular complexity index is 1160. The molecule has 3 aromatic carbocycles. The van der Waals surface area contributed by atoms with Crippen LogP contribution in [0.15, 0.2) is 66.7 Å². The summed E-state index contributed by atoms with van der Waals surface area (Å²) in [6.45, 7) is 2.92. The highest BCUT2D eigenvalue weighted by molar-refractivity contribution is 5.98. The minimum Gasteiger partial charge on any atom is -0.493 e. The zero-order valence-electron chi connectivity index (χ0n) is 19.1. The lowest BCUT2D eigenvalue weighted by Gasteiger charge is -2.28. The number of carbonyl (C=O) groups excluding carboxylic acids is 2. The van der Waals surface area contributed by atoms with E-state index in [0.29, 0.717) is 30.2 Å². The molecule has 1 N–H and O–H groups in total. The van der Waals surface area contributed by atoms with Gasteiger partial charge < -0.3 is 19.7 Å². The summed E-state index contributed by atoms with van der Waals surface area (Å²) in [5.41, 5.74) is 4.67. The van der Waals surface area contributed by atoms with Crippen molar-refractivity contribution in [2.45, 2.75) is 32.5 Å². The van der Waals surface area contributed by atoms with Gasteiger partial charge in [-0.1, -0.05) is 54.1 Å². The average molecular weight is 445 g/mol. The molecule has 0 spiro atoms. The zero-order chi connectivity index (χ0) is 23.4. The number of hydrogen-bond donors (Lipinski definition) is 1. The molecule has 0 bridgehead atoms. The smallest absolute Gasteiger partial charge is 0.255 e. The van der Waals surface area contributed by atoms with E-state index < -0.39 is 6.04 Å². The van der Waals surface area contributed by atoms with Crippen LogP contribution in [0.25, 0.3) is 0 Å². The first-order chi connectivity index (χ1) is 16.0. The third-order valence-corrected chi connectivity index (χ3v) is 6.01. The molecule has 0 saturated heterocycles. The molecular weight excluding hydrogens is 416 g/mol. The fourth-order valence-corrected chi connectivity index (χ4v) is 4.15. The largest absolute Gasteiger partial charge is 0.493 e. The van der Waals surface area contributed by atoms with Crippen molar-refractivity contribution >= 4 is 11.8 Å². The lowest BCUT2D eigenvalue weighted by atomic mass is 10.0. The fraction of sp³-hybridized carbons (Fsp3) is 0.259. The predicted octanol–water partition coefficient (Wildman–Crippen LogP) is 4.42. The summed E-state index contributed by atoms with van der Waals surface area (Å²) in [5.74, 6) is 0.958. The minimum absolute atomic E-state index is 0.0725. The number of methoxy groups -OCH3 is 2. The van der Waals surface area contributed by atoms with Gasteiger partial charge in [-0.05, 0) is 41.8 Å². The summed E-state index contributed by atoms with van der Waals surface area (Å²) in [6.07, 6.45) is 0.140. The molecular formula is C27H28N2O4. The van der Waals surface area contributed by atoms with E-state index in [9.17, 15) is 9.59 Å². The maximum Gasteiger partial charge on any atom is 0.255 e. The molecule has 0 saturated carbocycles. The SMILES string of the molecule is COc1ccc([C@@H](CC(=O)NCc2ccc(C)cc2)N2Cc3ccccc3C2=O)cc1OC. The number of carbonyl (C=O) groups is 2. The van der Waals surface area contributed by atoms with Gasteiger partial charge in [0, 0.05) is 18.7 Å². The van der Waals surface area contributed by atoms with Crippen molar-refractivity contribution in [2.75, 3.05) is 14.2 Å². The summed E-state index contributed by atoms with van der Waals surface area (Å²) in [4.78, 5) is 28.0. The lowest BCUT2D eigenvalue weighted by Crippen LogP contribution is -2.34. The molecule has 0 unspecified atom stereocenters. The predicted molar refractivity (Wildman–Crippen MR) is 126 cm³/mol. The van der Waals surface area contributed by atoms with Crippen molar-refractivity contribution in [3.8, 4) is 11.5 Å². The van der Waals surface area contributed by atoms with Crippen molar-refractivity contribution in [2.24, 2.45) is 0 Å². The quantitative estimate of drug-likeness (QED) is 0.559. The molecule has 6 nitrogen and oxygen atoms in total. The molecule has 1 heterocycles. The third-order valence-electron chi connectivity index (χ3n) is 6.01. The lowest BCUT2D eigenvalue weighted by molar-refractivity contribution is -0.122. The van der Waals surface area contributed by atoms with Crippen LogP contribution in [-0.4, -0.2) is 30.9 Å². The van der Waals surface area contributed by atoms with Crippen LogP contribution in [0.3, 0.4) is 0 Å². The van der Waals surface area contributed by atoms with Gasteiger partial charge in [0.25, 0.3) is 5.91 Å². The van der Waals surface area contributed by atoms with Crippen LogP contribution in [-0.2, 0) is 17.9 Å². The van der Waals surface area contributed by atoms with Crippen molar-refractivity contribution in [1.29, 1.82) is 0 Å². The Labute approximate surface area is 194 Å². The van der Waals surface area contributed by atoms with Gasteiger partial charge in [0.1, 0.15) is 0 Å². The van der Waals surface area contributed by atoms with Crippen LogP contribution in [0.5, 0.6) is 11.5 Å². The third kappa shape index (κ3) is 4.85. The first-order valence-electron chi connectivity index (χ1n) is 10.9. The normalized spacial score (nSPS) is 13.4. The van der Waals surface area contributed by atoms with E-state index in [1.54, 1.807) is 25.2 Å². The summed E-state index contributed by atoms with van der Waals surface area (Å²) in [6, 6.07) is 20.7. The average Bonchev–Trinajstić information content (AvgIpc) is 3.18. The van der Waals surface area contributed by atoms with Gasteiger partial charge >= 0.3 is 0 Å². The summed E-state index contributed by atoms with van der Waals surface area (Å²) in [5, 5.41) is 3.00. The number of fused-ring (bicyclic) bond motifs is 1. The van der Waals surface area contributed by atoms with E-state index >= 15 is 0 Å². The Morgan fingerprint density at radius 1 is 1.00 bits per heavy atom. The van der Waals surface area contributed by atoms with Gasteiger partial charge in [0.15, 0.2) is 11.5 Å². The van der Waals surface area contributed by atoms with Crippen molar-refractivity contribution in [3.63, 3.8) is 0 Å². The maximum absolute atomic E-state index is 13.2. The molecule has 6 heteroatoms. The molecule has 0 radical (unpaired) electrons.